The highest BCUT2D eigenvalue weighted by Gasteiger charge is 2.05. The van der Waals surface area contributed by atoms with Crippen molar-refractivity contribution < 1.29 is 9.57 Å². The van der Waals surface area contributed by atoms with Crippen LogP contribution in [0.25, 0.3) is 0 Å². The summed E-state index contributed by atoms with van der Waals surface area (Å²) in [6.45, 7) is 7.45. The van der Waals surface area contributed by atoms with Crippen molar-refractivity contribution >= 4 is 23.6 Å². The topological polar surface area (TPSA) is 68.6 Å². The van der Waals surface area contributed by atoms with Crippen molar-refractivity contribution in [2.75, 3.05) is 25.1 Å². The monoisotopic (exact) mass is 362 g/mol. The molecule has 1 N–H and O–H groups in total. The highest BCUT2D eigenvalue weighted by molar-refractivity contribution is 6.33. The molecule has 0 aliphatic heterocycles. The van der Waals surface area contributed by atoms with E-state index in [4.69, 9.17) is 21.2 Å². The van der Waals surface area contributed by atoms with Gasteiger partial charge in [-0.25, -0.2) is 9.97 Å². The Hall–Kier alpha value is -2.34. The Balaban J connectivity index is 1.81. The van der Waals surface area contributed by atoms with Crippen LogP contribution in [0.3, 0.4) is 0 Å². The van der Waals surface area contributed by atoms with E-state index in [2.05, 4.69) is 26.5 Å². The van der Waals surface area contributed by atoms with Gasteiger partial charge in [-0.2, -0.15) is 0 Å². The first kappa shape index (κ1) is 19.0. The highest BCUT2D eigenvalue weighted by Crippen LogP contribution is 2.21. The number of ether oxygens (including phenoxy) is 1. The normalized spacial score (nSPS) is 10.9. The average Bonchev–Trinajstić information content (AvgIpc) is 2.60. The average molecular weight is 363 g/mol. The number of aromatic nitrogens is 2. The van der Waals surface area contributed by atoms with Crippen LogP contribution in [0.1, 0.15) is 23.7 Å². The summed E-state index contributed by atoms with van der Waals surface area (Å²) in [5.41, 5.74) is 2.99. The number of nitrogens with zero attached hydrogens (tertiary/aromatic N) is 3. The first-order chi connectivity index (χ1) is 12.1. The lowest BCUT2D eigenvalue weighted by atomic mass is 10.1. The van der Waals surface area contributed by atoms with Gasteiger partial charge in [0.15, 0.2) is 0 Å². The van der Waals surface area contributed by atoms with Crippen molar-refractivity contribution in [2.45, 2.75) is 27.2 Å². The second kappa shape index (κ2) is 9.84. The maximum Gasteiger partial charge on any atom is 0.148 e. The van der Waals surface area contributed by atoms with Crippen LogP contribution in [0.2, 0.25) is 5.02 Å². The summed E-state index contributed by atoms with van der Waals surface area (Å²) in [5, 5.41) is 7.55. The largest absolute Gasteiger partial charge is 0.491 e. The molecular weight excluding hydrogens is 340 g/mol. The van der Waals surface area contributed by atoms with Gasteiger partial charge in [0.25, 0.3) is 0 Å². The Bertz CT molecular complexity index is 722. The van der Waals surface area contributed by atoms with Gasteiger partial charge < -0.3 is 14.9 Å². The van der Waals surface area contributed by atoms with Crippen LogP contribution in [0, 0.1) is 13.8 Å². The zero-order valence-electron chi connectivity index (χ0n) is 14.8. The van der Waals surface area contributed by atoms with Crippen molar-refractivity contribution in [2.24, 2.45) is 5.16 Å². The Morgan fingerprint density at radius 3 is 2.88 bits per heavy atom. The molecule has 1 aromatic heterocycles. The summed E-state index contributed by atoms with van der Waals surface area (Å²) in [6, 6.07) is 6.09. The minimum Gasteiger partial charge on any atom is -0.491 e. The van der Waals surface area contributed by atoms with Gasteiger partial charge in [-0.15, -0.1) is 0 Å². The van der Waals surface area contributed by atoms with Gasteiger partial charge in [0, 0.05) is 12.6 Å². The zero-order chi connectivity index (χ0) is 18.1. The molecule has 0 fully saturated rings. The van der Waals surface area contributed by atoms with E-state index >= 15 is 0 Å². The minimum atomic E-state index is 0.505. The third-order valence-electron chi connectivity index (χ3n) is 3.46. The fourth-order valence-electron chi connectivity index (χ4n) is 2.18. The Morgan fingerprint density at radius 1 is 1.28 bits per heavy atom. The number of hydrogen-bond donors (Lipinski definition) is 1. The number of nitrogens with one attached hydrogen (secondary N) is 1. The van der Waals surface area contributed by atoms with E-state index in [-0.39, 0.29) is 0 Å². The molecule has 7 heteroatoms. The van der Waals surface area contributed by atoms with Crippen molar-refractivity contribution in [3.8, 4) is 5.75 Å². The molecule has 0 saturated carbocycles. The molecule has 0 radical (unpaired) electrons. The van der Waals surface area contributed by atoms with E-state index in [1.54, 1.807) is 6.21 Å². The second-order valence-corrected chi connectivity index (χ2v) is 5.78. The molecular formula is C18H23ClN4O2. The van der Waals surface area contributed by atoms with Gasteiger partial charge in [-0.05, 0) is 38.0 Å². The first-order valence-electron chi connectivity index (χ1n) is 8.19. The Labute approximate surface area is 153 Å². The quantitative estimate of drug-likeness (QED) is 0.417. The first-order valence-corrected chi connectivity index (χ1v) is 8.56. The summed E-state index contributed by atoms with van der Waals surface area (Å²) in [6.07, 6.45) is 3.98. The van der Waals surface area contributed by atoms with E-state index in [9.17, 15) is 0 Å². The Morgan fingerprint density at radius 2 is 2.12 bits per heavy atom. The van der Waals surface area contributed by atoms with Gasteiger partial charge >= 0.3 is 0 Å². The van der Waals surface area contributed by atoms with E-state index in [0.29, 0.717) is 30.6 Å². The van der Waals surface area contributed by atoms with Gasteiger partial charge in [0.2, 0.25) is 0 Å². The van der Waals surface area contributed by atoms with Gasteiger partial charge in [-0.1, -0.05) is 28.9 Å². The molecule has 1 aromatic carbocycles. The molecule has 0 atom stereocenters. The molecule has 2 rings (SSSR count). The Kier molecular flexibility index (Phi) is 7.47. The number of oxime groups is 1. The van der Waals surface area contributed by atoms with Crippen molar-refractivity contribution in [3.05, 3.63) is 46.4 Å². The zero-order valence-corrected chi connectivity index (χ0v) is 15.5. The van der Waals surface area contributed by atoms with Crippen LogP contribution in [-0.2, 0) is 11.3 Å². The lowest BCUT2D eigenvalue weighted by molar-refractivity contribution is 0.160. The van der Waals surface area contributed by atoms with Crippen molar-refractivity contribution in [1.29, 1.82) is 0 Å². The summed E-state index contributed by atoms with van der Waals surface area (Å²) in [4.78, 5) is 13.1. The van der Waals surface area contributed by atoms with E-state index in [1.807, 2.05) is 32.9 Å². The molecule has 0 aliphatic rings. The van der Waals surface area contributed by atoms with E-state index in [0.717, 1.165) is 29.0 Å². The molecule has 134 valence electrons. The lowest BCUT2D eigenvalue weighted by Gasteiger charge is -2.12. The SMILES string of the molecule is CCON=CCc1ccc(OCCNc2ncnc(C)c2Cl)c(C)c1. The summed E-state index contributed by atoms with van der Waals surface area (Å²) < 4.78 is 5.82. The predicted molar refractivity (Wildman–Crippen MR) is 101 cm³/mol. The third kappa shape index (κ3) is 5.90. The number of halogens is 1. The molecule has 1 heterocycles. The van der Waals surface area contributed by atoms with E-state index in [1.165, 1.54) is 6.33 Å². The molecule has 0 spiro atoms. The standard InChI is InChI=1S/C18H23ClN4O2/c1-4-25-23-8-7-15-5-6-16(13(2)11-15)24-10-9-20-18-17(19)14(3)21-12-22-18/h5-6,8,11-12H,4,7,9-10H2,1-3H3,(H,20,21,22). The van der Waals surface area contributed by atoms with Crippen LogP contribution in [0.5, 0.6) is 5.75 Å². The fraction of sp³-hybridized carbons (Fsp3) is 0.389. The van der Waals surface area contributed by atoms with Crippen molar-refractivity contribution in [1.82, 2.24) is 9.97 Å². The number of aryl methyl sites for hydroxylation is 2. The summed E-state index contributed by atoms with van der Waals surface area (Å²) in [5.74, 6) is 1.48. The maximum absolute atomic E-state index is 6.15. The predicted octanol–water partition coefficient (Wildman–Crippen LogP) is 3.80. The van der Waals surface area contributed by atoms with Crippen molar-refractivity contribution in [3.63, 3.8) is 0 Å². The minimum absolute atomic E-state index is 0.505. The number of rotatable bonds is 9. The van der Waals surface area contributed by atoms with Crippen LogP contribution in [-0.4, -0.2) is 35.9 Å². The highest BCUT2D eigenvalue weighted by atomic mass is 35.5. The molecule has 0 amide bonds. The van der Waals surface area contributed by atoms with Crippen LogP contribution >= 0.6 is 11.6 Å². The molecule has 25 heavy (non-hydrogen) atoms. The number of benzene rings is 1. The van der Waals surface area contributed by atoms with Gasteiger partial charge in [0.05, 0.1) is 12.2 Å². The molecule has 0 aliphatic carbocycles. The molecule has 0 unspecified atom stereocenters. The van der Waals surface area contributed by atoms with E-state index < -0.39 is 0 Å². The van der Waals surface area contributed by atoms with Gasteiger partial charge in [-0.3, -0.25) is 0 Å². The van der Waals surface area contributed by atoms with Gasteiger partial charge in [0.1, 0.15) is 36.1 Å². The fourth-order valence-corrected chi connectivity index (χ4v) is 2.35. The summed E-state index contributed by atoms with van der Waals surface area (Å²) in [7, 11) is 0. The van der Waals surface area contributed by atoms with Crippen LogP contribution in [0.15, 0.2) is 29.7 Å². The number of hydrogen-bond acceptors (Lipinski definition) is 6. The second-order valence-electron chi connectivity index (χ2n) is 5.41. The smallest absolute Gasteiger partial charge is 0.148 e. The maximum atomic E-state index is 6.15. The molecule has 2 aromatic rings. The lowest BCUT2D eigenvalue weighted by Crippen LogP contribution is -2.13. The van der Waals surface area contributed by atoms with Crippen LogP contribution in [0.4, 0.5) is 5.82 Å². The summed E-state index contributed by atoms with van der Waals surface area (Å²) >= 11 is 6.15. The number of anilines is 1. The molecule has 6 nitrogen and oxygen atoms in total. The van der Waals surface area contributed by atoms with Crippen LogP contribution < -0.4 is 10.1 Å². The molecule has 0 saturated heterocycles. The third-order valence-corrected chi connectivity index (χ3v) is 3.91. The molecule has 0 bridgehead atoms.